The van der Waals surface area contributed by atoms with E-state index in [0.717, 1.165) is 0 Å². The average molecular weight is 237 g/mol. The van der Waals surface area contributed by atoms with Crippen LogP contribution in [0, 0.1) is 5.41 Å². The van der Waals surface area contributed by atoms with Gasteiger partial charge in [-0.2, -0.15) is 13.2 Å². The lowest BCUT2D eigenvalue weighted by Gasteiger charge is -2.39. The van der Waals surface area contributed by atoms with Crippen LogP contribution < -0.4 is 5.32 Å². The molecule has 0 saturated heterocycles. The van der Waals surface area contributed by atoms with Crippen LogP contribution in [0.5, 0.6) is 0 Å². The molecule has 0 heterocycles. The van der Waals surface area contributed by atoms with E-state index in [9.17, 15) is 22.8 Å². The van der Waals surface area contributed by atoms with Gasteiger partial charge in [-0.3, -0.25) is 9.59 Å². The molecule has 1 rings (SSSR count). The molecule has 1 fully saturated rings. The highest BCUT2D eigenvalue weighted by Crippen LogP contribution is 2.44. The number of amides is 1. The van der Waals surface area contributed by atoms with E-state index in [-0.39, 0.29) is 12.8 Å². The van der Waals surface area contributed by atoms with Gasteiger partial charge >= 0.3 is 18.1 Å². The summed E-state index contributed by atoms with van der Waals surface area (Å²) < 4.78 is 35.5. The molecule has 0 radical (unpaired) electrons. The van der Waals surface area contributed by atoms with Crippen molar-refractivity contribution >= 4 is 11.9 Å². The molecular formula is C9H10F3NO3. The molecule has 0 aliphatic heterocycles. The van der Waals surface area contributed by atoms with Crippen LogP contribution in [0.1, 0.15) is 12.8 Å². The molecule has 0 aromatic heterocycles. The predicted octanol–water partition coefficient (Wildman–Crippen LogP) is 1.09. The molecule has 90 valence electrons. The summed E-state index contributed by atoms with van der Waals surface area (Å²) in [5.74, 6) is -3.34. The number of hydrogen-bond donors (Lipinski definition) is 2. The van der Waals surface area contributed by atoms with Crippen molar-refractivity contribution in [3.05, 3.63) is 12.2 Å². The Morgan fingerprint density at radius 1 is 1.44 bits per heavy atom. The quantitative estimate of drug-likeness (QED) is 0.722. The Labute approximate surface area is 89.1 Å². The number of allylic oxidation sites excluding steroid dienone is 1. The topological polar surface area (TPSA) is 66.4 Å². The molecular weight excluding hydrogens is 227 g/mol. The lowest BCUT2D eigenvalue weighted by atomic mass is 9.66. The molecule has 1 aliphatic rings. The zero-order chi connectivity index (χ0) is 12.6. The molecule has 0 aromatic carbocycles. The van der Waals surface area contributed by atoms with Crippen molar-refractivity contribution in [2.24, 2.45) is 5.41 Å². The highest BCUT2D eigenvalue weighted by Gasteiger charge is 2.48. The Bertz CT molecular complexity index is 340. The molecule has 0 atom stereocenters. The number of carboxylic acid groups (broad SMARTS) is 1. The Balaban J connectivity index is 2.57. The summed E-state index contributed by atoms with van der Waals surface area (Å²) in [6, 6.07) is 0. The van der Waals surface area contributed by atoms with Crippen LogP contribution in [0.4, 0.5) is 13.2 Å². The normalized spacial score (nSPS) is 18.8. The first-order valence-electron chi connectivity index (χ1n) is 4.42. The molecule has 0 spiro atoms. The third-order valence-corrected chi connectivity index (χ3v) is 2.48. The van der Waals surface area contributed by atoms with E-state index in [2.05, 4.69) is 6.58 Å². The van der Waals surface area contributed by atoms with Gasteiger partial charge in [-0.25, -0.2) is 0 Å². The van der Waals surface area contributed by atoms with Gasteiger partial charge in [-0.1, -0.05) is 12.2 Å². The van der Waals surface area contributed by atoms with Crippen molar-refractivity contribution < 1.29 is 27.9 Å². The first-order chi connectivity index (χ1) is 7.17. The predicted molar refractivity (Wildman–Crippen MR) is 47.5 cm³/mol. The van der Waals surface area contributed by atoms with Gasteiger partial charge in [0.15, 0.2) is 0 Å². The van der Waals surface area contributed by atoms with E-state index >= 15 is 0 Å². The van der Waals surface area contributed by atoms with Gasteiger partial charge in [0.05, 0.1) is 5.41 Å². The lowest BCUT2D eigenvalue weighted by molar-refractivity contribution is -0.175. The number of hydrogen-bond acceptors (Lipinski definition) is 2. The fourth-order valence-electron chi connectivity index (χ4n) is 1.61. The summed E-state index contributed by atoms with van der Waals surface area (Å²) in [4.78, 5) is 21.3. The molecule has 16 heavy (non-hydrogen) atoms. The lowest BCUT2D eigenvalue weighted by Crippen LogP contribution is -2.50. The number of rotatable bonds is 3. The van der Waals surface area contributed by atoms with Crippen LogP contribution in [-0.2, 0) is 9.59 Å². The fourth-order valence-corrected chi connectivity index (χ4v) is 1.61. The average Bonchev–Trinajstić information content (AvgIpc) is 2.07. The van der Waals surface area contributed by atoms with E-state index in [1.807, 2.05) is 0 Å². The standard InChI is InChI=1S/C9H10F3NO3/c1-5-2-8(3-5,7(15)16)4-13-6(14)9(10,11)12/h1-4H2,(H,13,14)(H,15,16). The summed E-state index contributed by atoms with van der Waals surface area (Å²) in [7, 11) is 0. The Morgan fingerprint density at radius 2 is 1.94 bits per heavy atom. The van der Waals surface area contributed by atoms with Crippen LogP contribution >= 0.6 is 0 Å². The van der Waals surface area contributed by atoms with Crippen molar-refractivity contribution in [1.29, 1.82) is 0 Å². The first-order valence-corrected chi connectivity index (χ1v) is 4.42. The van der Waals surface area contributed by atoms with Crippen LogP contribution in [0.15, 0.2) is 12.2 Å². The summed E-state index contributed by atoms with van der Waals surface area (Å²) >= 11 is 0. The zero-order valence-electron chi connectivity index (χ0n) is 8.23. The zero-order valence-corrected chi connectivity index (χ0v) is 8.23. The second kappa shape index (κ2) is 3.80. The smallest absolute Gasteiger partial charge is 0.471 e. The van der Waals surface area contributed by atoms with Crippen molar-refractivity contribution in [2.45, 2.75) is 19.0 Å². The summed E-state index contributed by atoms with van der Waals surface area (Å²) in [6.07, 6.45) is -4.79. The first kappa shape index (κ1) is 12.5. The summed E-state index contributed by atoms with van der Waals surface area (Å²) in [6.45, 7) is 2.99. The molecule has 0 bridgehead atoms. The van der Waals surface area contributed by atoms with Gasteiger partial charge in [-0.15, -0.1) is 0 Å². The SMILES string of the molecule is C=C1CC(CNC(=O)C(F)(F)F)(C(=O)O)C1. The van der Waals surface area contributed by atoms with Crippen LogP contribution in [0.3, 0.4) is 0 Å². The van der Waals surface area contributed by atoms with Gasteiger partial charge < -0.3 is 10.4 Å². The largest absolute Gasteiger partial charge is 0.481 e. The third-order valence-electron chi connectivity index (χ3n) is 2.48. The van der Waals surface area contributed by atoms with Gasteiger partial charge in [0.2, 0.25) is 0 Å². The van der Waals surface area contributed by atoms with Crippen molar-refractivity contribution in [3.63, 3.8) is 0 Å². The summed E-state index contributed by atoms with van der Waals surface area (Å²) in [5, 5.41) is 10.4. The second-order valence-electron chi connectivity index (χ2n) is 3.87. The minimum Gasteiger partial charge on any atom is -0.481 e. The third kappa shape index (κ3) is 2.34. The van der Waals surface area contributed by atoms with Crippen LogP contribution in [0.25, 0.3) is 0 Å². The van der Waals surface area contributed by atoms with E-state index < -0.39 is 30.0 Å². The molecule has 0 aromatic rings. The molecule has 2 N–H and O–H groups in total. The van der Waals surface area contributed by atoms with E-state index in [1.165, 1.54) is 0 Å². The Kier molecular flexibility index (Phi) is 2.98. The van der Waals surface area contributed by atoms with E-state index in [4.69, 9.17) is 5.11 Å². The molecule has 0 unspecified atom stereocenters. The van der Waals surface area contributed by atoms with E-state index in [1.54, 1.807) is 5.32 Å². The van der Waals surface area contributed by atoms with Crippen molar-refractivity contribution in [1.82, 2.24) is 5.32 Å². The van der Waals surface area contributed by atoms with Gasteiger partial charge in [0.1, 0.15) is 0 Å². The number of carbonyl (C=O) groups excluding carboxylic acids is 1. The maximum Gasteiger partial charge on any atom is 0.471 e. The highest BCUT2D eigenvalue weighted by atomic mass is 19.4. The minimum absolute atomic E-state index is 0.0977. The van der Waals surface area contributed by atoms with Crippen LogP contribution in [0.2, 0.25) is 0 Å². The van der Waals surface area contributed by atoms with Gasteiger partial charge in [-0.05, 0) is 12.8 Å². The molecule has 1 saturated carbocycles. The molecule has 7 heteroatoms. The Hall–Kier alpha value is -1.53. The fraction of sp³-hybridized carbons (Fsp3) is 0.556. The van der Waals surface area contributed by atoms with E-state index in [0.29, 0.717) is 5.57 Å². The van der Waals surface area contributed by atoms with Crippen LogP contribution in [-0.4, -0.2) is 29.7 Å². The number of alkyl halides is 3. The second-order valence-corrected chi connectivity index (χ2v) is 3.87. The molecule has 4 nitrogen and oxygen atoms in total. The minimum atomic E-state index is -4.99. The summed E-state index contributed by atoms with van der Waals surface area (Å²) in [5.41, 5.74) is -0.665. The molecule has 1 aliphatic carbocycles. The maximum absolute atomic E-state index is 11.8. The van der Waals surface area contributed by atoms with Gasteiger partial charge in [0, 0.05) is 6.54 Å². The number of halogens is 3. The Morgan fingerprint density at radius 3 is 2.25 bits per heavy atom. The maximum atomic E-state index is 11.8. The highest BCUT2D eigenvalue weighted by molar-refractivity contribution is 5.83. The molecule has 1 amide bonds. The number of carboxylic acids is 1. The monoisotopic (exact) mass is 237 g/mol. The van der Waals surface area contributed by atoms with Gasteiger partial charge in [0.25, 0.3) is 0 Å². The van der Waals surface area contributed by atoms with Crippen molar-refractivity contribution in [2.75, 3.05) is 6.54 Å². The number of aliphatic carboxylic acids is 1. The number of carbonyl (C=O) groups is 2. The van der Waals surface area contributed by atoms with Crippen molar-refractivity contribution in [3.8, 4) is 0 Å². The number of nitrogens with one attached hydrogen (secondary N) is 1.